The van der Waals surface area contributed by atoms with E-state index in [0.717, 1.165) is 36.2 Å². The van der Waals surface area contributed by atoms with E-state index in [-0.39, 0.29) is 18.3 Å². The molecule has 5 nitrogen and oxygen atoms in total. The third kappa shape index (κ3) is 2.50. The van der Waals surface area contributed by atoms with Crippen LogP contribution < -0.4 is 4.90 Å². The summed E-state index contributed by atoms with van der Waals surface area (Å²) in [6.45, 7) is 0.319. The molecule has 1 aromatic rings. The van der Waals surface area contributed by atoms with Gasteiger partial charge in [0.2, 0.25) is 5.91 Å². The van der Waals surface area contributed by atoms with Crippen LogP contribution >= 0.6 is 11.3 Å². The molecule has 0 radical (unpaired) electrons. The van der Waals surface area contributed by atoms with Crippen molar-refractivity contribution >= 4 is 28.2 Å². The Balaban J connectivity index is 1.94. The second-order valence-electron chi connectivity index (χ2n) is 5.78. The van der Waals surface area contributed by atoms with Gasteiger partial charge in [0.05, 0.1) is 18.6 Å². The van der Waals surface area contributed by atoms with Crippen molar-refractivity contribution < 1.29 is 14.3 Å². The number of nitrogens with zero attached hydrogens (tertiary/aromatic N) is 2. The standard InChI is InChI=1S/C16H18N2O3S/c1-21-16(20)10-7-14(19)18(9-10)15-12(8-17)11-5-3-2-4-6-13(11)22-15/h10H,2-7,9H2,1H3. The fourth-order valence-corrected chi connectivity index (χ4v) is 4.63. The number of esters is 1. The summed E-state index contributed by atoms with van der Waals surface area (Å²) in [6.07, 6.45) is 5.48. The highest BCUT2D eigenvalue weighted by Crippen LogP contribution is 2.41. The summed E-state index contributed by atoms with van der Waals surface area (Å²) in [4.78, 5) is 26.8. The Hall–Kier alpha value is -1.87. The molecule has 2 aliphatic rings. The topological polar surface area (TPSA) is 70.4 Å². The lowest BCUT2D eigenvalue weighted by molar-refractivity contribution is -0.145. The van der Waals surface area contributed by atoms with E-state index in [4.69, 9.17) is 4.74 Å². The van der Waals surface area contributed by atoms with E-state index in [2.05, 4.69) is 6.07 Å². The zero-order valence-corrected chi connectivity index (χ0v) is 13.4. The molecule has 6 heteroatoms. The highest BCUT2D eigenvalue weighted by atomic mass is 32.1. The van der Waals surface area contributed by atoms with Crippen molar-refractivity contribution in [1.82, 2.24) is 0 Å². The van der Waals surface area contributed by atoms with Crippen molar-refractivity contribution in [3.05, 3.63) is 16.0 Å². The van der Waals surface area contributed by atoms with Crippen LogP contribution in [0.2, 0.25) is 0 Å². The second kappa shape index (κ2) is 6.09. The molecular formula is C16H18N2O3S. The van der Waals surface area contributed by atoms with E-state index in [1.165, 1.54) is 18.4 Å². The van der Waals surface area contributed by atoms with Gasteiger partial charge in [0.15, 0.2) is 0 Å². The highest BCUT2D eigenvalue weighted by Gasteiger charge is 2.38. The van der Waals surface area contributed by atoms with Crippen molar-refractivity contribution in [3.8, 4) is 6.07 Å². The Bertz CT molecular complexity index is 659. The number of methoxy groups -OCH3 is 1. The predicted octanol–water partition coefficient (Wildman–Crippen LogP) is 2.41. The van der Waals surface area contributed by atoms with Crippen LogP contribution in [0.5, 0.6) is 0 Å². The zero-order chi connectivity index (χ0) is 15.7. The number of fused-ring (bicyclic) bond motifs is 1. The molecule has 1 saturated heterocycles. The molecule has 0 N–H and O–H groups in total. The molecular weight excluding hydrogens is 300 g/mol. The first-order valence-electron chi connectivity index (χ1n) is 7.58. The summed E-state index contributed by atoms with van der Waals surface area (Å²) < 4.78 is 4.74. The number of carbonyl (C=O) groups excluding carboxylic acids is 2. The number of aryl methyl sites for hydroxylation is 1. The lowest BCUT2D eigenvalue weighted by Gasteiger charge is -2.14. The summed E-state index contributed by atoms with van der Waals surface area (Å²) in [7, 11) is 1.34. The Morgan fingerprint density at radius 2 is 2.14 bits per heavy atom. The van der Waals surface area contributed by atoms with Crippen LogP contribution in [-0.2, 0) is 27.2 Å². The van der Waals surface area contributed by atoms with Gasteiger partial charge < -0.3 is 9.64 Å². The fourth-order valence-electron chi connectivity index (χ4n) is 3.26. The summed E-state index contributed by atoms with van der Waals surface area (Å²) in [5.41, 5.74) is 1.76. The SMILES string of the molecule is COC(=O)C1CC(=O)N(c2sc3c(c2C#N)CCCCC3)C1. The maximum Gasteiger partial charge on any atom is 0.311 e. The molecule has 1 aromatic heterocycles. The van der Waals surface area contributed by atoms with Gasteiger partial charge in [0.25, 0.3) is 0 Å². The van der Waals surface area contributed by atoms with E-state index in [9.17, 15) is 14.9 Å². The summed E-state index contributed by atoms with van der Waals surface area (Å²) in [6, 6.07) is 2.29. The average Bonchev–Trinajstić information content (AvgIpc) is 2.98. The quantitative estimate of drug-likeness (QED) is 0.620. The third-order valence-corrected chi connectivity index (χ3v) is 5.73. The Morgan fingerprint density at radius 1 is 1.36 bits per heavy atom. The number of ether oxygens (including phenoxy) is 1. The van der Waals surface area contributed by atoms with Crippen molar-refractivity contribution in [3.63, 3.8) is 0 Å². The molecule has 1 atom stereocenters. The van der Waals surface area contributed by atoms with Crippen LogP contribution in [0.15, 0.2) is 0 Å². The first-order chi connectivity index (χ1) is 10.7. The van der Waals surface area contributed by atoms with Gasteiger partial charge in [-0.05, 0) is 31.2 Å². The molecule has 1 fully saturated rings. The van der Waals surface area contributed by atoms with Crippen LogP contribution in [-0.4, -0.2) is 25.5 Å². The average molecular weight is 318 g/mol. The van der Waals surface area contributed by atoms with Crippen molar-refractivity contribution in [2.24, 2.45) is 5.92 Å². The monoisotopic (exact) mass is 318 g/mol. The first-order valence-corrected chi connectivity index (χ1v) is 8.40. The molecule has 22 heavy (non-hydrogen) atoms. The van der Waals surface area contributed by atoms with Gasteiger partial charge in [0.1, 0.15) is 11.1 Å². The first kappa shape index (κ1) is 15.0. The molecule has 0 aromatic carbocycles. The van der Waals surface area contributed by atoms with E-state index in [0.29, 0.717) is 12.1 Å². The number of nitriles is 1. The largest absolute Gasteiger partial charge is 0.469 e. The predicted molar refractivity (Wildman–Crippen MR) is 82.8 cm³/mol. The van der Waals surface area contributed by atoms with E-state index in [1.807, 2.05) is 0 Å². The number of hydrogen-bond acceptors (Lipinski definition) is 5. The Kier molecular flexibility index (Phi) is 4.16. The third-order valence-electron chi connectivity index (χ3n) is 4.42. The number of rotatable bonds is 2. The molecule has 1 aliphatic heterocycles. The molecule has 1 unspecified atom stereocenters. The highest BCUT2D eigenvalue weighted by molar-refractivity contribution is 7.16. The fraction of sp³-hybridized carbons (Fsp3) is 0.562. The minimum atomic E-state index is -0.425. The summed E-state index contributed by atoms with van der Waals surface area (Å²) in [5.74, 6) is -0.873. The normalized spacial score (nSPS) is 21.2. The van der Waals surface area contributed by atoms with Gasteiger partial charge in [-0.15, -0.1) is 11.3 Å². The van der Waals surface area contributed by atoms with Crippen molar-refractivity contribution in [1.29, 1.82) is 5.26 Å². The minimum Gasteiger partial charge on any atom is -0.469 e. The molecule has 2 heterocycles. The number of carbonyl (C=O) groups is 2. The smallest absolute Gasteiger partial charge is 0.311 e. The van der Waals surface area contributed by atoms with E-state index < -0.39 is 5.92 Å². The van der Waals surface area contributed by atoms with Crippen LogP contribution in [0.1, 0.15) is 41.7 Å². The second-order valence-corrected chi connectivity index (χ2v) is 6.87. The van der Waals surface area contributed by atoms with Gasteiger partial charge in [-0.2, -0.15) is 5.26 Å². The van der Waals surface area contributed by atoms with Gasteiger partial charge in [-0.1, -0.05) is 6.42 Å². The minimum absolute atomic E-state index is 0.0942. The van der Waals surface area contributed by atoms with Crippen LogP contribution in [0.25, 0.3) is 0 Å². The molecule has 0 saturated carbocycles. The van der Waals surface area contributed by atoms with Gasteiger partial charge >= 0.3 is 5.97 Å². The maximum atomic E-state index is 12.3. The molecule has 0 bridgehead atoms. The van der Waals surface area contributed by atoms with E-state index >= 15 is 0 Å². The van der Waals surface area contributed by atoms with Crippen molar-refractivity contribution in [2.45, 2.75) is 38.5 Å². The Morgan fingerprint density at radius 3 is 2.86 bits per heavy atom. The lowest BCUT2D eigenvalue weighted by Crippen LogP contribution is -2.26. The number of thiophene rings is 1. The van der Waals surface area contributed by atoms with Gasteiger partial charge in [0, 0.05) is 17.8 Å². The number of anilines is 1. The summed E-state index contributed by atoms with van der Waals surface area (Å²) in [5, 5.41) is 10.3. The van der Waals surface area contributed by atoms with Crippen molar-refractivity contribution in [2.75, 3.05) is 18.6 Å². The maximum absolute atomic E-state index is 12.3. The number of amides is 1. The van der Waals surface area contributed by atoms with Gasteiger partial charge in [-0.3, -0.25) is 9.59 Å². The Labute approximate surface area is 133 Å². The molecule has 1 amide bonds. The number of hydrogen-bond donors (Lipinski definition) is 0. The molecule has 1 aliphatic carbocycles. The van der Waals surface area contributed by atoms with E-state index in [1.54, 1.807) is 16.2 Å². The van der Waals surface area contributed by atoms with Gasteiger partial charge in [-0.25, -0.2) is 0 Å². The zero-order valence-electron chi connectivity index (χ0n) is 12.6. The van der Waals surface area contributed by atoms with Crippen LogP contribution in [0.3, 0.4) is 0 Å². The lowest BCUT2D eigenvalue weighted by atomic mass is 10.1. The van der Waals surface area contributed by atoms with Crippen LogP contribution in [0, 0.1) is 17.2 Å². The molecule has 3 rings (SSSR count). The molecule has 116 valence electrons. The molecule has 0 spiro atoms. The van der Waals surface area contributed by atoms with Crippen LogP contribution in [0.4, 0.5) is 5.00 Å². The summed E-state index contributed by atoms with van der Waals surface area (Å²) >= 11 is 1.55.